The number of fused-ring (bicyclic) bond motifs is 1. The molecule has 0 aromatic rings. The van der Waals surface area contributed by atoms with E-state index in [4.69, 9.17) is 0 Å². The van der Waals surface area contributed by atoms with Crippen LogP contribution >= 0.6 is 11.8 Å². The van der Waals surface area contributed by atoms with Gasteiger partial charge in [-0.15, -0.1) is 11.8 Å². The lowest BCUT2D eigenvalue weighted by Crippen LogP contribution is -2.57. The number of carbonyl (C=O) groups is 3. The van der Waals surface area contributed by atoms with Crippen molar-refractivity contribution < 1.29 is 19.5 Å². The first-order valence-electron chi connectivity index (χ1n) is 9.47. The minimum Gasteiger partial charge on any atom is -0.480 e. The van der Waals surface area contributed by atoms with Gasteiger partial charge in [0.15, 0.2) is 0 Å². The van der Waals surface area contributed by atoms with Crippen LogP contribution < -0.4 is 5.32 Å². The van der Waals surface area contributed by atoms with Crippen LogP contribution in [0.1, 0.15) is 54.9 Å². The van der Waals surface area contributed by atoms with Crippen LogP contribution in [-0.4, -0.2) is 50.0 Å². The number of carboxylic acids is 1. The van der Waals surface area contributed by atoms with Gasteiger partial charge in [0, 0.05) is 10.7 Å². The minimum absolute atomic E-state index is 0.0609. The summed E-state index contributed by atoms with van der Waals surface area (Å²) < 4.78 is -0.577. The Morgan fingerprint density at radius 1 is 1.23 bits per heavy atom. The Kier molecular flexibility index (Phi) is 6.00. The van der Waals surface area contributed by atoms with Crippen molar-refractivity contribution in [1.82, 2.24) is 10.2 Å². The second-order valence-electron chi connectivity index (χ2n) is 8.47. The molecule has 2 aliphatic rings. The molecule has 0 aromatic heterocycles. The number of hydrogen-bond acceptors (Lipinski definition) is 4. The molecule has 2 saturated heterocycles. The summed E-state index contributed by atoms with van der Waals surface area (Å²) in [4.78, 5) is 39.4. The molecule has 2 fully saturated rings. The molecule has 0 saturated carbocycles. The van der Waals surface area contributed by atoms with Crippen LogP contribution in [0.15, 0.2) is 0 Å². The number of thioether (sulfide) groups is 1. The summed E-state index contributed by atoms with van der Waals surface area (Å²) in [6.45, 7) is 13.7. The van der Waals surface area contributed by atoms with Crippen molar-refractivity contribution in [3.05, 3.63) is 0 Å². The largest absolute Gasteiger partial charge is 0.480 e. The second kappa shape index (κ2) is 7.41. The van der Waals surface area contributed by atoms with Crippen molar-refractivity contribution in [3.8, 4) is 0 Å². The summed E-state index contributed by atoms with van der Waals surface area (Å²) in [6.07, 6.45) is 0.694. The van der Waals surface area contributed by atoms with Crippen LogP contribution in [-0.2, 0) is 14.4 Å². The van der Waals surface area contributed by atoms with E-state index in [0.717, 1.165) is 0 Å². The van der Waals surface area contributed by atoms with E-state index >= 15 is 0 Å². The molecule has 2 rings (SSSR count). The second-order valence-corrected chi connectivity index (χ2v) is 10.2. The van der Waals surface area contributed by atoms with Crippen LogP contribution in [0.2, 0.25) is 0 Å². The Balaban J connectivity index is 2.44. The summed E-state index contributed by atoms with van der Waals surface area (Å²) in [6, 6.07) is -1.58. The lowest BCUT2D eigenvalue weighted by molar-refractivity contribution is -0.152. The summed E-state index contributed by atoms with van der Waals surface area (Å²) in [5, 5.41) is 12.5. The molecule has 26 heavy (non-hydrogen) atoms. The van der Waals surface area contributed by atoms with Gasteiger partial charge in [0.05, 0.1) is 5.37 Å². The Morgan fingerprint density at radius 2 is 1.81 bits per heavy atom. The van der Waals surface area contributed by atoms with Gasteiger partial charge < -0.3 is 15.3 Å². The molecule has 2 amide bonds. The molecular formula is C19H32N2O4S. The topological polar surface area (TPSA) is 86.7 Å². The molecule has 2 N–H and O–H groups in total. The maximum Gasteiger partial charge on any atom is 0.327 e. The van der Waals surface area contributed by atoms with E-state index in [1.165, 1.54) is 0 Å². The third-order valence-corrected chi connectivity index (χ3v) is 8.11. The number of rotatable bonds is 4. The lowest BCUT2D eigenvalue weighted by Gasteiger charge is -2.32. The molecule has 0 radical (unpaired) electrons. The van der Waals surface area contributed by atoms with Gasteiger partial charge in [-0.25, -0.2) is 4.79 Å². The van der Waals surface area contributed by atoms with Crippen molar-refractivity contribution in [1.29, 1.82) is 0 Å². The number of amides is 2. The van der Waals surface area contributed by atoms with Crippen LogP contribution in [0.4, 0.5) is 0 Å². The summed E-state index contributed by atoms with van der Waals surface area (Å²) >= 11 is 1.56. The fourth-order valence-electron chi connectivity index (χ4n) is 4.05. The molecule has 2 heterocycles. The fourth-order valence-corrected chi connectivity index (χ4v) is 5.81. The zero-order valence-corrected chi connectivity index (χ0v) is 17.6. The molecule has 0 aliphatic carbocycles. The van der Waals surface area contributed by atoms with E-state index < -0.39 is 22.8 Å². The van der Waals surface area contributed by atoms with Gasteiger partial charge in [0.25, 0.3) is 0 Å². The quantitative estimate of drug-likeness (QED) is 0.778. The fraction of sp³-hybridized carbons (Fsp3) is 0.842. The first kappa shape index (κ1) is 21.1. The van der Waals surface area contributed by atoms with Crippen molar-refractivity contribution in [3.63, 3.8) is 0 Å². The van der Waals surface area contributed by atoms with E-state index in [0.29, 0.717) is 6.42 Å². The highest BCUT2D eigenvalue weighted by Gasteiger charge is 2.58. The van der Waals surface area contributed by atoms with Crippen molar-refractivity contribution >= 4 is 29.5 Å². The van der Waals surface area contributed by atoms with Gasteiger partial charge in [0.2, 0.25) is 11.8 Å². The highest BCUT2D eigenvalue weighted by atomic mass is 32.2. The molecule has 7 unspecified atom stereocenters. The number of nitrogens with one attached hydrogen (secondary N) is 1. The molecule has 0 aromatic carbocycles. The van der Waals surface area contributed by atoms with E-state index in [2.05, 4.69) is 19.2 Å². The average molecular weight is 385 g/mol. The lowest BCUT2D eigenvalue weighted by atomic mass is 9.81. The normalized spacial score (nSPS) is 37.7. The SMILES string of the molecule is CCC(C)C(=O)NC1C(=O)N2C(SC(C)(C)C2C(=O)O)C(C)C(C)C1C. The first-order chi connectivity index (χ1) is 11.9. The minimum atomic E-state index is -0.986. The Bertz CT molecular complexity index is 594. The van der Waals surface area contributed by atoms with Crippen molar-refractivity contribution in [2.24, 2.45) is 23.7 Å². The van der Waals surface area contributed by atoms with Crippen LogP contribution in [0.5, 0.6) is 0 Å². The number of carboxylic acid groups (broad SMARTS) is 1. The Labute approximate surface area is 160 Å². The molecule has 7 atom stereocenters. The van der Waals surface area contributed by atoms with Crippen molar-refractivity contribution in [2.75, 3.05) is 0 Å². The van der Waals surface area contributed by atoms with E-state index in [9.17, 15) is 19.5 Å². The molecule has 2 aliphatic heterocycles. The summed E-state index contributed by atoms with van der Waals surface area (Å²) in [5.41, 5.74) is 0. The van der Waals surface area contributed by atoms with E-state index in [1.807, 2.05) is 34.6 Å². The third-order valence-electron chi connectivity index (χ3n) is 6.38. The van der Waals surface area contributed by atoms with Gasteiger partial charge in [-0.1, -0.05) is 34.6 Å². The predicted octanol–water partition coefficient (Wildman–Crippen LogP) is 2.57. The number of carbonyl (C=O) groups excluding carboxylic acids is 2. The standard InChI is InChI=1S/C19H32N2O4S/c1-8-9(2)15(22)20-13-11(4)10(3)12(5)17-21(16(13)23)14(18(24)25)19(6,7)26-17/h9-14,17H,8H2,1-7H3,(H,20,22)(H,24,25). The average Bonchev–Trinajstić information content (AvgIpc) is 2.84. The first-order valence-corrected chi connectivity index (χ1v) is 10.3. The highest BCUT2D eigenvalue weighted by molar-refractivity contribution is 8.01. The van der Waals surface area contributed by atoms with Gasteiger partial charge >= 0.3 is 5.97 Å². The highest BCUT2D eigenvalue weighted by Crippen LogP contribution is 2.51. The molecule has 0 bridgehead atoms. The Morgan fingerprint density at radius 3 is 2.31 bits per heavy atom. The van der Waals surface area contributed by atoms with Crippen LogP contribution in [0, 0.1) is 23.7 Å². The molecule has 6 nitrogen and oxygen atoms in total. The van der Waals surface area contributed by atoms with Gasteiger partial charge in [-0.05, 0) is 38.0 Å². The predicted molar refractivity (Wildman–Crippen MR) is 103 cm³/mol. The van der Waals surface area contributed by atoms with Crippen LogP contribution in [0.25, 0.3) is 0 Å². The molecule has 148 valence electrons. The maximum atomic E-state index is 13.4. The summed E-state index contributed by atoms with van der Waals surface area (Å²) in [5.74, 6) is -1.33. The zero-order chi connectivity index (χ0) is 20.0. The van der Waals surface area contributed by atoms with Crippen molar-refractivity contribution in [2.45, 2.75) is 77.1 Å². The number of nitrogens with zero attached hydrogens (tertiary/aromatic N) is 1. The van der Waals surface area contributed by atoms with Gasteiger partial charge in [-0.3, -0.25) is 9.59 Å². The van der Waals surface area contributed by atoms with Gasteiger partial charge in [0.1, 0.15) is 12.1 Å². The third kappa shape index (κ3) is 3.47. The molecular weight excluding hydrogens is 352 g/mol. The molecule has 7 heteroatoms. The van der Waals surface area contributed by atoms with Crippen LogP contribution in [0.3, 0.4) is 0 Å². The maximum absolute atomic E-state index is 13.4. The Hall–Kier alpha value is -1.24. The molecule has 0 spiro atoms. The smallest absolute Gasteiger partial charge is 0.327 e. The van der Waals surface area contributed by atoms with E-state index in [1.54, 1.807) is 16.7 Å². The monoisotopic (exact) mass is 384 g/mol. The number of hydrogen-bond donors (Lipinski definition) is 2. The number of aliphatic carboxylic acids is 1. The summed E-state index contributed by atoms with van der Waals surface area (Å²) in [7, 11) is 0. The van der Waals surface area contributed by atoms with E-state index in [-0.39, 0.29) is 40.9 Å². The van der Waals surface area contributed by atoms with Gasteiger partial charge in [-0.2, -0.15) is 0 Å². The zero-order valence-electron chi connectivity index (χ0n) is 16.8.